The van der Waals surface area contributed by atoms with Gasteiger partial charge in [0.1, 0.15) is 11.5 Å². The summed E-state index contributed by atoms with van der Waals surface area (Å²) in [5.41, 5.74) is 0.653. The number of carbonyl (C=O) groups excluding carboxylic acids is 1. The Bertz CT molecular complexity index is 1080. The summed E-state index contributed by atoms with van der Waals surface area (Å²) >= 11 is 0. The summed E-state index contributed by atoms with van der Waals surface area (Å²) in [6, 6.07) is 5.45. The largest absolute Gasteiger partial charge is 0.484 e. The highest BCUT2D eigenvalue weighted by molar-refractivity contribution is 6.03. The number of aromatic nitrogens is 1. The second kappa shape index (κ2) is 8.09. The van der Waals surface area contributed by atoms with E-state index in [1.807, 2.05) is 11.8 Å². The molecule has 5 rings (SSSR count). The number of hydrogen-bond acceptors (Lipinski definition) is 5. The van der Waals surface area contributed by atoms with Gasteiger partial charge in [-0.05, 0) is 50.2 Å². The van der Waals surface area contributed by atoms with Crippen molar-refractivity contribution >= 4 is 23.5 Å². The van der Waals surface area contributed by atoms with Gasteiger partial charge in [0.25, 0.3) is 5.91 Å². The number of anilines is 2. The van der Waals surface area contributed by atoms with E-state index in [2.05, 4.69) is 16.9 Å². The van der Waals surface area contributed by atoms with Crippen molar-refractivity contribution in [2.24, 2.45) is 11.8 Å². The zero-order valence-corrected chi connectivity index (χ0v) is 18.7. The molecule has 1 saturated heterocycles. The molecule has 174 valence electrons. The molecule has 6 nitrogen and oxygen atoms in total. The van der Waals surface area contributed by atoms with Crippen LogP contribution in [0.3, 0.4) is 0 Å². The van der Waals surface area contributed by atoms with Crippen LogP contribution in [0.2, 0.25) is 0 Å². The Morgan fingerprint density at radius 3 is 2.48 bits per heavy atom. The van der Waals surface area contributed by atoms with Crippen LogP contribution in [-0.4, -0.2) is 42.8 Å². The molecule has 2 atom stereocenters. The quantitative estimate of drug-likeness (QED) is 0.658. The maximum absolute atomic E-state index is 14.6. The van der Waals surface area contributed by atoms with Crippen molar-refractivity contribution in [3.8, 4) is 5.75 Å². The lowest BCUT2D eigenvalue weighted by Crippen LogP contribution is -2.61. The number of halogens is 2. The highest BCUT2D eigenvalue weighted by Crippen LogP contribution is 2.52. The number of rotatable bonds is 7. The molecule has 2 aromatic rings. The second-order valence-electron chi connectivity index (χ2n) is 9.51. The number of carbonyl (C=O) groups is 1. The number of pyridine rings is 1. The van der Waals surface area contributed by atoms with Gasteiger partial charge in [-0.3, -0.25) is 4.79 Å². The topological polar surface area (TPSA) is 63.7 Å². The minimum atomic E-state index is -0.832. The zero-order chi connectivity index (χ0) is 23.3. The number of fused-ring (bicyclic) bond motifs is 1. The molecule has 3 aliphatic rings. The summed E-state index contributed by atoms with van der Waals surface area (Å²) < 4.78 is 40.3. The van der Waals surface area contributed by atoms with E-state index in [1.165, 1.54) is 6.42 Å². The van der Waals surface area contributed by atoms with Crippen molar-refractivity contribution in [1.82, 2.24) is 4.98 Å². The lowest BCUT2D eigenvalue weighted by molar-refractivity contribution is -0.0171. The molecule has 1 aliphatic heterocycles. The van der Waals surface area contributed by atoms with Crippen molar-refractivity contribution in [1.29, 1.82) is 0 Å². The summed E-state index contributed by atoms with van der Waals surface area (Å²) in [5.74, 6) is -0.711. The monoisotopic (exact) mass is 455 g/mol. The van der Waals surface area contributed by atoms with Gasteiger partial charge in [0.2, 0.25) is 0 Å². The van der Waals surface area contributed by atoms with E-state index in [0.29, 0.717) is 30.7 Å². The molecule has 0 spiro atoms. The number of amides is 1. The van der Waals surface area contributed by atoms with Crippen molar-refractivity contribution in [3.05, 3.63) is 53.7 Å². The van der Waals surface area contributed by atoms with Crippen LogP contribution in [0, 0.1) is 23.5 Å². The molecular weight excluding hydrogens is 428 g/mol. The lowest BCUT2D eigenvalue weighted by atomic mass is 9.96. The normalized spacial score (nSPS) is 24.6. The third-order valence-electron chi connectivity index (χ3n) is 6.94. The maximum atomic E-state index is 14.6. The van der Waals surface area contributed by atoms with Crippen molar-refractivity contribution in [2.75, 3.05) is 30.4 Å². The average molecular weight is 456 g/mol. The fourth-order valence-corrected chi connectivity index (χ4v) is 4.90. The Morgan fingerprint density at radius 2 is 1.88 bits per heavy atom. The van der Waals surface area contributed by atoms with Gasteiger partial charge >= 0.3 is 0 Å². The van der Waals surface area contributed by atoms with Crippen molar-refractivity contribution in [3.63, 3.8) is 0 Å². The Morgan fingerprint density at radius 1 is 1.21 bits per heavy atom. The Hall–Kier alpha value is -3.00. The number of benzene rings is 1. The molecule has 1 N–H and O–H groups in total. The van der Waals surface area contributed by atoms with Gasteiger partial charge in [0.05, 0.1) is 11.7 Å². The van der Waals surface area contributed by atoms with Crippen LogP contribution in [0.4, 0.5) is 20.3 Å². The van der Waals surface area contributed by atoms with E-state index in [0.717, 1.165) is 30.5 Å². The van der Waals surface area contributed by atoms with Gasteiger partial charge in [-0.15, -0.1) is 0 Å². The molecule has 1 amide bonds. The molecule has 1 aromatic heterocycles. The molecule has 8 heteroatoms. The molecule has 2 unspecified atom stereocenters. The molecule has 1 aromatic carbocycles. The van der Waals surface area contributed by atoms with Gasteiger partial charge in [-0.1, -0.05) is 12.7 Å². The van der Waals surface area contributed by atoms with E-state index >= 15 is 0 Å². The number of ether oxygens (including phenoxy) is 2. The molecule has 0 radical (unpaired) electrons. The fraction of sp³-hybridized carbons (Fsp3) is 0.440. The lowest BCUT2D eigenvalue weighted by Gasteiger charge is -2.47. The summed E-state index contributed by atoms with van der Waals surface area (Å²) in [6.07, 6.45) is 4.41. The molecule has 0 bridgehead atoms. The number of nitrogens with one attached hydrogen (secondary N) is 1. The first-order chi connectivity index (χ1) is 15.8. The van der Waals surface area contributed by atoms with Crippen LogP contribution in [0.25, 0.3) is 6.08 Å². The SMILES string of the molecule is C=Cc1ccc(C(=O)Nc2cc(F)c(OC3CC4CC4C3)c(F)c2)nc1N1CC(C)(OC)C1. The van der Waals surface area contributed by atoms with Crippen LogP contribution in [0.5, 0.6) is 5.75 Å². The molecule has 3 fully saturated rings. The van der Waals surface area contributed by atoms with Gasteiger partial charge in [-0.25, -0.2) is 13.8 Å². The summed E-state index contributed by atoms with van der Waals surface area (Å²) in [7, 11) is 1.66. The molecule has 2 saturated carbocycles. The molecule has 2 aliphatic carbocycles. The van der Waals surface area contributed by atoms with E-state index in [4.69, 9.17) is 9.47 Å². The van der Waals surface area contributed by atoms with Gasteiger partial charge in [0, 0.05) is 43.6 Å². The first kappa shape index (κ1) is 21.8. The third-order valence-corrected chi connectivity index (χ3v) is 6.94. The van der Waals surface area contributed by atoms with Gasteiger partial charge < -0.3 is 19.7 Å². The molecular formula is C25H27F2N3O3. The smallest absolute Gasteiger partial charge is 0.274 e. The first-order valence-electron chi connectivity index (χ1n) is 11.2. The Balaban J connectivity index is 1.30. The summed E-state index contributed by atoms with van der Waals surface area (Å²) in [4.78, 5) is 19.3. The van der Waals surface area contributed by atoms with Gasteiger partial charge in [-0.2, -0.15) is 0 Å². The number of methoxy groups -OCH3 is 1. The van der Waals surface area contributed by atoms with E-state index in [1.54, 1.807) is 25.3 Å². The number of nitrogens with zero attached hydrogens (tertiary/aromatic N) is 2. The van der Waals surface area contributed by atoms with Crippen LogP contribution < -0.4 is 15.0 Å². The Kier molecular flexibility index (Phi) is 5.35. The predicted octanol–water partition coefficient (Wildman–Crippen LogP) is 4.66. The van der Waals surface area contributed by atoms with Gasteiger partial charge in [0.15, 0.2) is 17.4 Å². The zero-order valence-electron chi connectivity index (χ0n) is 18.7. The highest BCUT2D eigenvalue weighted by Gasteiger charge is 2.47. The first-order valence-corrected chi connectivity index (χ1v) is 11.2. The maximum Gasteiger partial charge on any atom is 0.274 e. The Labute approximate surface area is 191 Å². The fourth-order valence-electron chi connectivity index (χ4n) is 4.90. The number of hydrogen-bond donors (Lipinski definition) is 1. The predicted molar refractivity (Wildman–Crippen MR) is 122 cm³/mol. The molecule has 33 heavy (non-hydrogen) atoms. The van der Waals surface area contributed by atoms with Crippen LogP contribution >= 0.6 is 0 Å². The summed E-state index contributed by atoms with van der Waals surface area (Å²) in [5, 5.41) is 2.54. The third kappa shape index (κ3) is 4.19. The average Bonchev–Trinajstić information content (AvgIpc) is 3.39. The van der Waals surface area contributed by atoms with Crippen LogP contribution in [0.15, 0.2) is 30.8 Å². The minimum Gasteiger partial charge on any atom is -0.484 e. The van der Waals surface area contributed by atoms with Crippen molar-refractivity contribution in [2.45, 2.75) is 37.9 Å². The standard InChI is InChI=1S/C25H27F2N3O3/c1-4-14-5-6-21(29-23(14)30-12-25(2,13-30)32-3)24(31)28-17-10-19(26)22(20(27)11-17)33-18-8-15-7-16(15)9-18/h4-6,10-11,15-16,18H,1,7-9,12-13H2,2-3H3,(H,28,31). The van der Waals surface area contributed by atoms with E-state index < -0.39 is 17.5 Å². The van der Waals surface area contributed by atoms with Crippen molar-refractivity contribution < 1.29 is 23.0 Å². The van der Waals surface area contributed by atoms with E-state index in [9.17, 15) is 13.6 Å². The highest BCUT2D eigenvalue weighted by atomic mass is 19.1. The van der Waals surface area contributed by atoms with E-state index in [-0.39, 0.29) is 28.8 Å². The minimum absolute atomic E-state index is 0.00340. The summed E-state index contributed by atoms with van der Waals surface area (Å²) in [6.45, 7) is 7.06. The van der Waals surface area contributed by atoms with Crippen LogP contribution in [-0.2, 0) is 4.74 Å². The molecule has 2 heterocycles. The van der Waals surface area contributed by atoms with Crippen LogP contribution in [0.1, 0.15) is 42.2 Å². The second-order valence-corrected chi connectivity index (χ2v) is 9.51.